The molecule has 0 saturated heterocycles. The van der Waals surface area contributed by atoms with Crippen molar-refractivity contribution in [3.05, 3.63) is 94.0 Å². The number of hydrogen-bond donors (Lipinski definition) is 0. The van der Waals surface area contributed by atoms with Gasteiger partial charge in [-0.25, -0.2) is 4.39 Å². The molecule has 0 aromatic heterocycles. The Hall–Kier alpha value is -2.94. The van der Waals surface area contributed by atoms with Gasteiger partial charge in [0.1, 0.15) is 5.82 Å². The molecule has 0 bridgehead atoms. The molecule has 2 unspecified atom stereocenters. The maximum absolute atomic E-state index is 13.9. The van der Waals surface area contributed by atoms with Crippen LogP contribution < -0.4 is 4.90 Å². The second kappa shape index (κ2) is 6.28. The highest BCUT2D eigenvalue weighted by Gasteiger charge is 2.65. The van der Waals surface area contributed by atoms with Gasteiger partial charge in [-0.2, -0.15) is 0 Å². The molecule has 1 aliphatic heterocycles. The van der Waals surface area contributed by atoms with Crippen LogP contribution in [0.5, 0.6) is 0 Å². The molecule has 1 fully saturated rings. The van der Waals surface area contributed by atoms with E-state index < -0.39 is 0 Å². The number of hydrogen-bond acceptors (Lipinski definition) is 2. The predicted octanol–water partition coefficient (Wildman–Crippen LogP) is 6.26. The smallest absolute Gasteiger partial charge is 0.193 e. The maximum Gasteiger partial charge on any atom is 0.193 e. The van der Waals surface area contributed by atoms with E-state index in [0.717, 1.165) is 52.1 Å². The first-order valence-corrected chi connectivity index (χ1v) is 10.7. The van der Waals surface area contributed by atoms with Gasteiger partial charge in [0.05, 0.1) is 5.69 Å². The number of benzene rings is 2. The largest absolute Gasteiger partial charge is 0.347 e. The van der Waals surface area contributed by atoms with Crippen LogP contribution in [-0.4, -0.2) is 12.8 Å². The lowest BCUT2D eigenvalue weighted by atomic mass is 9.72. The third-order valence-electron chi connectivity index (χ3n) is 7.14. The summed E-state index contributed by atoms with van der Waals surface area (Å²) in [7, 11) is 1.98. The molecule has 3 aliphatic carbocycles. The van der Waals surface area contributed by atoms with E-state index >= 15 is 0 Å². The summed E-state index contributed by atoms with van der Waals surface area (Å²) < 4.78 is 13.9. The van der Waals surface area contributed by atoms with E-state index in [1.165, 1.54) is 17.2 Å². The molecule has 4 aliphatic rings. The summed E-state index contributed by atoms with van der Waals surface area (Å²) in [5, 5.41) is 0. The van der Waals surface area contributed by atoms with Gasteiger partial charge in [-0.15, -0.1) is 0 Å². The van der Waals surface area contributed by atoms with E-state index in [0.29, 0.717) is 5.92 Å². The van der Waals surface area contributed by atoms with E-state index in [2.05, 4.69) is 30.5 Å². The topological polar surface area (TPSA) is 20.3 Å². The predicted molar refractivity (Wildman–Crippen MR) is 120 cm³/mol. The van der Waals surface area contributed by atoms with E-state index in [9.17, 15) is 9.18 Å². The Balaban J connectivity index is 0.000000937. The second-order valence-electron chi connectivity index (χ2n) is 8.56. The fourth-order valence-corrected chi connectivity index (χ4v) is 5.67. The number of aryl methyl sites for hydroxylation is 1. The normalized spacial score (nSPS) is 25.2. The summed E-state index contributed by atoms with van der Waals surface area (Å²) in [6.07, 6.45) is 3.87. The van der Waals surface area contributed by atoms with Gasteiger partial charge in [-0.05, 0) is 61.1 Å². The number of carbonyl (C=O) groups is 1. The number of nitrogens with zero attached hydrogens (tertiary/aromatic N) is 1. The highest BCUT2D eigenvalue weighted by atomic mass is 19.1. The summed E-state index contributed by atoms with van der Waals surface area (Å²) in [5.74, 6) is 0.178. The van der Waals surface area contributed by atoms with Crippen molar-refractivity contribution in [3.63, 3.8) is 0 Å². The van der Waals surface area contributed by atoms with Crippen molar-refractivity contribution < 1.29 is 9.18 Å². The molecule has 0 radical (unpaired) electrons. The number of rotatable bonds is 0. The van der Waals surface area contributed by atoms with Crippen molar-refractivity contribution in [1.29, 1.82) is 0 Å². The quantitative estimate of drug-likeness (QED) is 0.521. The maximum atomic E-state index is 13.9. The first kappa shape index (κ1) is 19.0. The summed E-state index contributed by atoms with van der Waals surface area (Å²) in [6, 6.07) is 11.0. The van der Waals surface area contributed by atoms with E-state index in [1.54, 1.807) is 6.07 Å². The molecule has 2 aromatic rings. The van der Waals surface area contributed by atoms with E-state index in [1.807, 2.05) is 39.1 Å². The molecule has 2 nitrogen and oxygen atoms in total. The minimum atomic E-state index is -0.254. The van der Waals surface area contributed by atoms with Crippen molar-refractivity contribution in [3.8, 4) is 0 Å². The second-order valence-corrected chi connectivity index (χ2v) is 8.56. The van der Waals surface area contributed by atoms with Crippen molar-refractivity contribution in [2.24, 2.45) is 11.3 Å². The van der Waals surface area contributed by atoms with Crippen molar-refractivity contribution in [2.75, 3.05) is 11.9 Å². The van der Waals surface area contributed by atoms with Crippen LogP contribution in [0.15, 0.2) is 65.9 Å². The van der Waals surface area contributed by atoms with Gasteiger partial charge in [0.25, 0.3) is 0 Å². The third kappa shape index (κ3) is 2.26. The molecule has 3 heteroatoms. The molecular weight excluding hydrogens is 373 g/mol. The minimum Gasteiger partial charge on any atom is -0.347 e. The van der Waals surface area contributed by atoms with Gasteiger partial charge in [0.15, 0.2) is 5.78 Å². The first-order valence-electron chi connectivity index (χ1n) is 10.7. The van der Waals surface area contributed by atoms with Gasteiger partial charge < -0.3 is 4.90 Å². The zero-order valence-corrected chi connectivity index (χ0v) is 18.0. The Morgan fingerprint density at radius 3 is 2.63 bits per heavy atom. The average Bonchev–Trinajstić information content (AvgIpc) is 3.50. The summed E-state index contributed by atoms with van der Waals surface area (Å²) in [6.45, 7) is 10.5. The van der Waals surface area contributed by atoms with Crippen LogP contribution in [0.25, 0.3) is 5.57 Å². The number of halogens is 1. The van der Waals surface area contributed by atoms with Gasteiger partial charge in [0, 0.05) is 34.9 Å². The van der Waals surface area contributed by atoms with E-state index in [4.69, 9.17) is 0 Å². The Morgan fingerprint density at radius 1 is 1.13 bits per heavy atom. The number of ketones is 1. The molecule has 0 N–H and O–H groups in total. The van der Waals surface area contributed by atoms with Gasteiger partial charge in [0.2, 0.25) is 0 Å². The van der Waals surface area contributed by atoms with Crippen molar-refractivity contribution >= 4 is 17.0 Å². The van der Waals surface area contributed by atoms with Crippen LogP contribution in [-0.2, 0) is 6.42 Å². The minimum absolute atomic E-state index is 0.119. The fraction of sp³-hybridized carbons (Fsp3) is 0.296. The highest BCUT2D eigenvalue weighted by Crippen LogP contribution is 2.73. The zero-order valence-electron chi connectivity index (χ0n) is 18.0. The standard InChI is InChI=1S/C25H20FNO.C2H6/c1-13-4-6-18-15(8-13)9-19-20(24(18)28)11-23-25(12-21(19)25)14(2)17-7-5-16(26)10-22(17)27(23)3;1-2/h4-8,10-11,21H,2,9,12H2,1,3H3;1-2H3. The van der Waals surface area contributed by atoms with Crippen LogP contribution in [0.2, 0.25) is 0 Å². The van der Waals surface area contributed by atoms with Gasteiger partial charge in [-0.3, -0.25) is 4.79 Å². The number of allylic oxidation sites excluding steroid dienone is 4. The molecule has 2 atom stereocenters. The first-order chi connectivity index (χ1) is 14.4. The molecule has 1 saturated carbocycles. The third-order valence-corrected chi connectivity index (χ3v) is 7.14. The van der Waals surface area contributed by atoms with Crippen LogP contribution in [0, 0.1) is 24.1 Å². The Labute approximate surface area is 177 Å². The molecule has 30 heavy (non-hydrogen) atoms. The van der Waals surface area contributed by atoms with E-state index in [-0.39, 0.29) is 17.0 Å². The lowest BCUT2D eigenvalue weighted by molar-refractivity contribution is 0.103. The number of anilines is 1. The monoisotopic (exact) mass is 399 g/mol. The lowest BCUT2D eigenvalue weighted by Crippen LogP contribution is -2.35. The summed E-state index contributed by atoms with van der Waals surface area (Å²) in [4.78, 5) is 15.3. The molecule has 1 heterocycles. The van der Waals surface area contributed by atoms with Crippen LogP contribution >= 0.6 is 0 Å². The Kier molecular flexibility index (Phi) is 3.99. The average molecular weight is 400 g/mol. The van der Waals surface area contributed by atoms with Crippen molar-refractivity contribution in [1.82, 2.24) is 0 Å². The fourth-order valence-electron chi connectivity index (χ4n) is 5.67. The molecule has 152 valence electrons. The summed E-state index contributed by atoms with van der Waals surface area (Å²) in [5.41, 5.74) is 9.09. The Bertz CT molecular complexity index is 1200. The molecule has 2 aromatic carbocycles. The molecular formula is C27H26FNO. The SMILES string of the molecule is C=C1c2ccc(F)cc2N(C)C2=CC3=C(Cc4cc(C)ccc4C3=O)C3CC123.CC. The number of Topliss-reactive ketones (excluding diaryl/α,β-unsaturated/α-hetero) is 1. The highest BCUT2D eigenvalue weighted by molar-refractivity contribution is 6.14. The lowest BCUT2D eigenvalue weighted by Gasteiger charge is -2.42. The van der Waals surface area contributed by atoms with Crippen LogP contribution in [0.3, 0.4) is 0 Å². The van der Waals surface area contributed by atoms with Gasteiger partial charge in [-0.1, -0.05) is 49.8 Å². The summed E-state index contributed by atoms with van der Waals surface area (Å²) >= 11 is 0. The molecule has 1 spiro atoms. The van der Waals surface area contributed by atoms with Crippen LogP contribution in [0.4, 0.5) is 10.1 Å². The zero-order chi connectivity index (χ0) is 21.4. The Morgan fingerprint density at radius 2 is 1.87 bits per heavy atom. The van der Waals surface area contributed by atoms with Crippen molar-refractivity contribution in [2.45, 2.75) is 33.6 Å². The number of carbonyl (C=O) groups excluding carboxylic acids is 1. The molecule has 6 rings (SSSR count). The molecule has 0 amide bonds. The van der Waals surface area contributed by atoms with Crippen LogP contribution in [0.1, 0.15) is 47.3 Å². The van der Waals surface area contributed by atoms with Gasteiger partial charge >= 0.3 is 0 Å². The number of fused-ring (bicyclic) bond motifs is 3.